The number of nitrogens with zero attached hydrogens (tertiary/aromatic N) is 1. The highest BCUT2D eigenvalue weighted by Gasteiger charge is 2.09. The molecule has 0 N–H and O–H groups in total. The average Bonchev–Trinajstić information content (AvgIpc) is 2.15. The first-order valence-electron chi connectivity index (χ1n) is 5.81. The first-order valence-corrected chi connectivity index (χ1v) is 5.81. The molecule has 0 spiro atoms. The second-order valence-electron chi connectivity index (χ2n) is 5.50. The fraction of sp³-hybridized carbons (Fsp3) is 0.571. The van der Waals surface area contributed by atoms with E-state index in [0.717, 1.165) is 11.0 Å². The van der Waals surface area contributed by atoms with Crippen LogP contribution in [0.5, 0.6) is 0 Å². The van der Waals surface area contributed by atoms with E-state index in [9.17, 15) is 0 Å². The van der Waals surface area contributed by atoms with E-state index < -0.39 is 0 Å². The van der Waals surface area contributed by atoms with Crippen LogP contribution >= 0.6 is 0 Å². The van der Waals surface area contributed by atoms with Crippen LogP contribution in [0.1, 0.15) is 37.3 Å². The zero-order valence-electron chi connectivity index (χ0n) is 11.1. The Kier molecular flexibility index (Phi) is 6.06. The molecule has 0 bridgehead atoms. The molecule has 1 unspecified atom stereocenters. The van der Waals surface area contributed by atoms with Gasteiger partial charge in [0.25, 0.3) is 0 Å². The lowest BCUT2D eigenvalue weighted by molar-refractivity contribution is -0.884. The maximum atomic E-state index is 2.29. The molecule has 0 heterocycles. The molecular weight excluding hydrogens is 218 g/mol. The van der Waals surface area contributed by atoms with Crippen LogP contribution < -0.4 is 12.4 Å². The maximum Gasteiger partial charge on any atom is 0.104 e. The van der Waals surface area contributed by atoms with Crippen LogP contribution in [0.15, 0.2) is 24.3 Å². The maximum absolute atomic E-state index is 2.29. The van der Waals surface area contributed by atoms with Gasteiger partial charge in [-0.15, -0.1) is 0 Å². The predicted octanol–water partition coefficient (Wildman–Crippen LogP) is 0.410. The van der Waals surface area contributed by atoms with E-state index >= 15 is 0 Å². The minimum Gasteiger partial charge on any atom is -1.00 e. The monoisotopic (exact) mass is 241 g/mol. The van der Waals surface area contributed by atoms with Gasteiger partial charge >= 0.3 is 0 Å². The summed E-state index contributed by atoms with van der Waals surface area (Å²) < 4.78 is 0.989. The Labute approximate surface area is 106 Å². The number of quaternary nitrogens is 1. The summed E-state index contributed by atoms with van der Waals surface area (Å²) in [5.41, 5.74) is 2.89. The second kappa shape index (κ2) is 6.27. The SMILES string of the molecule is CCC(C)c1ccc(C[N+](C)(C)C)cc1.[Cl-]. The van der Waals surface area contributed by atoms with Crippen molar-refractivity contribution in [3.8, 4) is 0 Å². The molecule has 0 amide bonds. The lowest BCUT2D eigenvalue weighted by Gasteiger charge is -2.24. The zero-order valence-corrected chi connectivity index (χ0v) is 11.9. The number of benzene rings is 1. The molecule has 1 atom stereocenters. The van der Waals surface area contributed by atoms with Gasteiger partial charge in [0.05, 0.1) is 21.1 Å². The molecule has 0 radical (unpaired) electrons. The topological polar surface area (TPSA) is 0 Å². The Bertz CT molecular complexity index is 298. The van der Waals surface area contributed by atoms with Crippen molar-refractivity contribution < 1.29 is 16.9 Å². The molecule has 1 rings (SSSR count). The summed E-state index contributed by atoms with van der Waals surface area (Å²) in [5.74, 6) is 0.683. The molecule has 0 fully saturated rings. The third kappa shape index (κ3) is 5.00. The minimum absolute atomic E-state index is 0. The van der Waals surface area contributed by atoms with Gasteiger partial charge in [-0.2, -0.15) is 0 Å². The van der Waals surface area contributed by atoms with Gasteiger partial charge in [-0.05, 0) is 17.9 Å². The number of rotatable bonds is 4. The van der Waals surface area contributed by atoms with E-state index in [2.05, 4.69) is 59.3 Å². The summed E-state index contributed by atoms with van der Waals surface area (Å²) in [6.07, 6.45) is 1.22. The van der Waals surface area contributed by atoms with Crippen molar-refractivity contribution >= 4 is 0 Å². The molecular formula is C14H24ClN. The summed E-state index contributed by atoms with van der Waals surface area (Å²) in [7, 11) is 6.67. The smallest absolute Gasteiger partial charge is 0.104 e. The molecule has 0 saturated heterocycles. The molecule has 1 nitrogen and oxygen atoms in total. The molecule has 1 aromatic carbocycles. The minimum atomic E-state index is 0. The highest BCUT2D eigenvalue weighted by molar-refractivity contribution is 5.24. The van der Waals surface area contributed by atoms with Gasteiger partial charge < -0.3 is 16.9 Å². The molecule has 2 heteroatoms. The van der Waals surface area contributed by atoms with E-state index in [-0.39, 0.29) is 12.4 Å². The molecule has 0 aliphatic carbocycles. The third-order valence-electron chi connectivity index (χ3n) is 2.82. The molecule has 0 aliphatic rings. The fourth-order valence-corrected chi connectivity index (χ4v) is 1.74. The fourth-order valence-electron chi connectivity index (χ4n) is 1.74. The average molecular weight is 242 g/mol. The van der Waals surface area contributed by atoms with Crippen LogP contribution in [-0.2, 0) is 6.54 Å². The van der Waals surface area contributed by atoms with Gasteiger partial charge in [-0.25, -0.2) is 0 Å². The Hall–Kier alpha value is -0.530. The van der Waals surface area contributed by atoms with E-state index in [4.69, 9.17) is 0 Å². The normalized spacial score (nSPS) is 13.1. The largest absolute Gasteiger partial charge is 1.00 e. The molecule has 0 aromatic heterocycles. The van der Waals surface area contributed by atoms with Crippen molar-refractivity contribution in [1.82, 2.24) is 0 Å². The Morgan fingerprint density at radius 1 is 1.06 bits per heavy atom. The first kappa shape index (κ1) is 15.5. The summed E-state index contributed by atoms with van der Waals surface area (Å²) in [6, 6.07) is 9.09. The highest BCUT2D eigenvalue weighted by atomic mass is 35.5. The second-order valence-corrected chi connectivity index (χ2v) is 5.50. The van der Waals surface area contributed by atoms with Crippen molar-refractivity contribution in [3.63, 3.8) is 0 Å². The van der Waals surface area contributed by atoms with Crippen LogP contribution in [0.25, 0.3) is 0 Å². The summed E-state index contributed by atoms with van der Waals surface area (Å²) in [4.78, 5) is 0. The standard InChI is InChI=1S/C14H24N.ClH/c1-6-12(2)14-9-7-13(8-10-14)11-15(3,4)5;/h7-10,12H,6,11H2,1-5H3;1H/q+1;/p-1. The lowest BCUT2D eigenvalue weighted by Crippen LogP contribution is -3.00. The van der Waals surface area contributed by atoms with Gasteiger partial charge in [0.2, 0.25) is 0 Å². The number of hydrogen-bond donors (Lipinski definition) is 0. The molecule has 16 heavy (non-hydrogen) atoms. The van der Waals surface area contributed by atoms with Crippen LogP contribution in [0.4, 0.5) is 0 Å². The first-order chi connectivity index (χ1) is 6.92. The van der Waals surface area contributed by atoms with Crippen LogP contribution in [-0.4, -0.2) is 25.6 Å². The van der Waals surface area contributed by atoms with E-state index in [1.165, 1.54) is 17.5 Å². The van der Waals surface area contributed by atoms with Gasteiger partial charge in [0.1, 0.15) is 6.54 Å². The van der Waals surface area contributed by atoms with Crippen molar-refractivity contribution in [1.29, 1.82) is 0 Å². The zero-order chi connectivity index (χ0) is 11.5. The van der Waals surface area contributed by atoms with Crippen molar-refractivity contribution in [2.45, 2.75) is 32.7 Å². The lowest BCUT2D eigenvalue weighted by atomic mass is 9.97. The van der Waals surface area contributed by atoms with E-state index in [1.807, 2.05) is 0 Å². The summed E-state index contributed by atoms with van der Waals surface area (Å²) in [6.45, 7) is 5.63. The Morgan fingerprint density at radius 3 is 1.94 bits per heavy atom. The Morgan fingerprint density at radius 2 is 1.56 bits per heavy atom. The van der Waals surface area contributed by atoms with Gasteiger partial charge in [-0.1, -0.05) is 38.1 Å². The van der Waals surface area contributed by atoms with Gasteiger partial charge in [0, 0.05) is 5.56 Å². The quantitative estimate of drug-likeness (QED) is 0.670. The van der Waals surface area contributed by atoms with Gasteiger partial charge in [-0.3, -0.25) is 0 Å². The number of hydrogen-bond acceptors (Lipinski definition) is 0. The van der Waals surface area contributed by atoms with E-state index in [1.54, 1.807) is 0 Å². The van der Waals surface area contributed by atoms with Crippen LogP contribution in [0, 0.1) is 0 Å². The molecule has 0 saturated carbocycles. The summed E-state index contributed by atoms with van der Waals surface area (Å²) in [5, 5.41) is 0. The molecule has 92 valence electrons. The predicted molar refractivity (Wildman–Crippen MR) is 66.9 cm³/mol. The van der Waals surface area contributed by atoms with Gasteiger partial charge in [0.15, 0.2) is 0 Å². The Balaban J connectivity index is 0.00000225. The number of halogens is 1. The van der Waals surface area contributed by atoms with Crippen LogP contribution in [0.3, 0.4) is 0 Å². The van der Waals surface area contributed by atoms with Crippen molar-refractivity contribution in [3.05, 3.63) is 35.4 Å². The molecule has 1 aromatic rings. The van der Waals surface area contributed by atoms with E-state index in [0.29, 0.717) is 5.92 Å². The highest BCUT2D eigenvalue weighted by Crippen LogP contribution is 2.19. The third-order valence-corrected chi connectivity index (χ3v) is 2.82. The summed E-state index contributed by atoms with van der Waals surface area (Å²) >= 11 is 0. The van der Waals surface area contributed by atoms with Crippen molar-refractivity contribution in [2.24, 2.45) is 0 Å². The van der Waals surface area contributed by atoms with Crippen molar-refractivity contribution in [2.75, 3.05) is 21.1 Å². The van der Waals surface area contributed by atoms with Crippen LogP contribution in [0.2, 0.25) is 0 Å². The molecule has 0 aliphatic heterocycles.